The summed E-state index contributed by atoms with van der Waals surface area (Å²) in [5, 5.41) is 24.0. The quantitative estimate of drug-likeness (QED) is 0.321. The number of aliphatic hydroxyl groups excluding tert-OH is 2. The summed E-state index contributed by atoms with van der Waals surface area (Å²) in [4.78, 5) is 12.2. The molecule has 4 fully saturated rings. The van der Waals surface area contributed by atoms with Crippen molar-refractivity contribution in [3.63, 3.8) is 0 Å². The van der Waals surface area contributed by atoms with Gasteiger partial charge < -0.3 is 20.1 Å². The van der Waals surface area contributed by atoms with E-state index in [9.17, 15) is 28.0 Å². The number of carbonyl (C=O) groups excluding carboxylic acids is 1. The van der Waals surface area contributed by atoms with Gasteiger partial charge in [-0.1, -0.05) is 20.8 Å². The monoisotopic (exact) mass is 521 g/mol. The Bertz CT molecular complexity index is 870. The van der Waals surface area contributed by atoms with Crippen LogP contribution in [0.2, 0.25) is 0 Å². The van der Waals surface area contributed by atoms with Crippen LogP contribution in [-0.4, -0.2) is 53.6 Å². The maximum absolute atomic E-state index is 12.2. The number of rotatable bonds is 7. The summed E-state index contributed by atoms with van der Waals surface area (Å²) in [5.74, 6) is 2.17. The van der Waals surface area contributed by atoms with Crippen molar-refractivity contribution in [2.24, 2.45) is 46.3 Å². The van der Waals surface area contributed by atoms with Gasteiger partial charge in [0.1, 0.15) is 0 Å². The van der Waals surface area contributed by atoms with Crippen LogP contribution in [0, 0.1) is 46.3 Å². The van der Waals surface area contributed by atoms with Crippen molar-refractivity contribution in [3.8, 4) is 0 Å². The van der Waals surface area contributed by atoms with Crippen molar-refractivity contribution in [1.29, 1.82) is 0 Å². The van der Waals surface area contributed by atoms with Gasteiger partial charge >= 0.3 is 29.6 Å². The van der Waals surface area contributed by atoms with Gasteiger partial charge in [-0.05, 0) is 104 Å². The summed E-state index contributed by atoms with van der Waals surface area (Å²) in [5.41, 5.74) is 0.354. The van der Waals surface area contributed by atoms with Crippen LogP contribution in [-0.2, 0) is 14.9 Å². The van der Waals surface area contributed by atoms with E-state index < -0.39 is 15.9 Å². The number of carbonyl (C=O) groups is 1. The standard InChI is InChI=1S/C26H45NO6S.Na/c1-16(4-7-24(30)27-12-13-34(31,32)33)19-5-6-20-18-15-23(29)22-14-17(28)8-10-26(22,3)21(18)9-11-25(19,20)2;/h16-23,28-29H,4-15H2,1-3H3,(H,27,30)(H,31,32,33);/q;+1/p-1. The summed E-state index contributed by atoms with van der Waals surface area (Å²) in [6, 6.07) is 0. The van der Waals surface area contributed by atoms with Crippen LogP contribution < -0.4 is 34.9 Å². The summed E-state index contributed by atoms with van der Waals surface area (Å²) in [6.45, 7) is 6.96. The van der Waals surface area contributed by atoms with E-state index in [-0.39, 0.29) is 71.0 Å². The molecular formula is C26H44NNaO6S. The Kier molecular flexibility index (Phi) is 9.54. The Labute approximate surface area is 233 Å². The first-order chi connectivity index (χ1) is 15.8. The van der Waals surface area contributed by atoms with Crippen LogP contribution in [0.4, 0.5) is 0 Å². The van der Waals surface area contributed by atoms with Crippen LogP contribution in [0.3, 0.4) is 0 Å². The molecule has 0 heterocycles. The molecule has 0 saturated heterocycles. The minimum absolute atomic E-state index is 0. The Hall–Kier alpha value is 0.300. The third kappa shape index (κ3) is 5.99. The molecule has 0 bridgehead atoms. The number of hydrogen-bond donors (Lipinski definition) is 3. The van der Waals surface area contributed by atoms with E-state index in [0.29, 0.717) is 36.0 Å². The molecule has 35 heavy (non-hydrogen) atoms. The fourth-order valence-electron chi connectivity index (χ4n) is 9.22. The van der Waals surface area contributed by atoms with Crippen molar-refractivity contribution >= 4 is 16.0 Å². The molecule has 4 aliphatic carbocycles. The topological polar surface area (TPSA) is 127 Å². The number of hydrogen-bond acceptors (Lipinski definition) is 6. The predicted octanol–water partition coefficient (Wildman–Crippen LogP) is 0.0587. The van der Waals surface area contributed by atoms with Gasteiger partial charge in [0, 0.05) is 13.0 Å². The zero-order valence-corrected chi connectivity index (χ0v) is 24.9. The molecule has 4 rings (SSSR count). The molecule has 0 aromatic rings. The van der Waals surface area contributed by atoms with Crippen LogP contribution in [0.15, 0.2) is 0 Å². The van der Waals surface area contributed by atoms with Crippen LogP contribution in [0.1, 0.15) is 85.0 Å². The van der Waals surface area contributed by atoms with Crippen molar-refractivity contribution in [3.05, 3.63) is 0 Å². The minimum Gasteiger partial charge on any atom is -0.748 e. The molecule has 0 spiro atoms. The summed E-state index contributed by atoms with van der Waals surface area (Å²) in [7, 11) is -4.31. The first-order valence-electron chi connectivity index (χ1n) is 13.4. The van der Waals surface area contributed by atoms with E-state index in [4.69, 9.17) is 0 Å². The van der Waals surface area contributed by atoms with Gasteiger partial charge in [-0.15, -0.1) is 0 Å². The first-order valence-corrected chi connectivity index (χ1v) is 15.0. The van der Waals surface area contributed by atoms with Crippen molar-refractivity contribution < 1.29 is 57.5 Å². The predicted molar refractivity (Wildman–Crippen MR) is 129 cm³/mol. The molecule has 1 amide bonds. The molecule has 9 heteroatoms. The van der Waals surface area contributed by atoms with Gasteiger partial charge in [0.15, 0.2) is 0 Å². The Morgan fingerprint density at radius 2 is 1.69 bits per heavy atom. The third-order valence-corrected chi connectivity index (χ3v) is 11.6. The third-order valence-electron chi connectivity index (χ3n) is 10.9. The van der Waals surface area contributed by atoms with Gasteiger partial charge in [0.25, 0.3) is 0 Å². The SMILES string of the molecule is CC(CCC(=O)NCCS(=O)(=O)[O-])C1CCC2C3CC(O)C4CC(O)CCC4(C)C3CCC12C.[Na+]. The molecule has 0 aromatic heterocycles. The van der Waals surface area contributed by atoms with Crippen molar-refractivity contribution in [2.45, 2.75) is 97.2 Å². The minimum atomic E-state index is -4.31. The van der Waals surface area contributed by atoms with E-state index in [0.717, 1.165) is 38.5 Å². The Morgan fingerprint density at radius 3 is 2.37 bits per heavy atom. The van der Waals surface area contributed by atoms with Crippen molar-refractivity contribution in [2.75, 3.05) is 12.3 Å². The van der Waals surface area contributed by atoms with E-state index >= 15 is 0 Å². The molecule has 3 N–H and O–H groups in total. The largest absolute Gasteiger partial charge is 1.00 e. The van der Waals surface area contributed by atoms with Gasteiger partial charge in [0.2, 0.25) is 5.91 Å². The fraction of sp³-hybridized carbons (Fsp3) is 0.962. The summed E-state index contributed by atoms with van der Waals surface area (Å²) < 4.78 is 32.2. The van der Waals surface area contributed by atoms with E-state index in [1.54, 1.807) is 0 Å². The van der Waals surface area contributed by atoms with Gasteiger partial charge in [-0.2, -0.15) is 0 Å². The van der Waals surface area contributed by atoms with Gasteiger partial charge in [-0.25, -0.2) is 8.42 Å². The summed E-state index contributed by atoms with van der Waals surface area (Å²) in [6.07, 6.45) is 8.75. The van der Waals surface area contributed by atoms with E-state index in [1.165, 1.54) is 19.3 Å². The number of nitrogens with one attached hydrogen (secondary N) is 1. The molecule has 0 aromatic carbocycles. The molecular weight excluding hydrogens is 477 g/mol. The Morgan fingerprint density at radius 1 is 1.03 bits per heavy atom. The fourth-order valence-corrected chi connectivity index (χ4v) is 9.57. The smallest absolute Gasteiger partial charge is 0.748 e. The molecule has 10 atom stereocenters. The number of aliphatic hydroxyl groups is 2. The van der Waals surface area contributed by atoms with Crippen LogP contribution in [0.25, 0.3) is 0 Å². The van der Waals surface area contributed by atoms with E-state index in [2.05, 4.69) is 26.1 Å². The molecule has 4 aliphatic rings. The number of fused-ring (bicyclic) bond motifs is 5. The van der Waals surface area contributed by atoms with Gasteiger partial charge in [-0.3, -0.25) is 4.79 Å². The average molecular weight is 522 g/mol. The number of amides is 1. The Balaban J connectivity index is 0.00000342. The zero-order valence-electron chi connectivity index (χ0n) is 22.0. The van der Waals surface area contributed by atoms with Crippen LogP contribution in [0.5, 0.6) is 0 Å². The molecule has 0 aliphatic heterocycles. The molecule has 196 valence electrons. The van der Waals surface area contributed by atoms with Crippen molar-refractivity contribution in [1.82, 2.24) is 5.32 Å². The molecule has 0 radical (unpaired) electrons. The second kappa shape index (κ2) is 11.2. The molecule has 10 unspecified atom stereocenters. The van der Waals surface area contributed by atoms with Crippen LogP contribution >= 0.6 is 0 Å². The zero-order chi connectivity index (χ0) is 24.9. The maximum Gasteiger partial charge on any atom is 1.00 e. The second-order valence-electron chi connectivity index (χ2n) is 12.6. The summed E-state index contributed by atoms with van der Waals surface area (Å²) >= 11 is 0. The molecule has 7 nitrogen and oxygen atoms in total. The first kappa shape index (κ1) is 29.9. The van der Waals surface area contributed by atoms with Gasteiger partial charge in [0.05, 0.1) is 28.1 Å². The van der Waals surface area contributed by atoms with E-state index in [1.807, 2.05) is 0 Å². The second-order valence-corrected chi connectivity index (χ2v) is 14.1. The molecule has 4 saturated carbocycles. The maximum atomic E-state index is 12.2. The normalized spacial score (nSPS) is 43.8. The average Bonchev–Trinajstić information content (AvgIpc) is 3.10.